The van der Waals surface area contributed by atoms with Gasteiger partial charge in [-0.1, -0.05) is 18.2 Å². The van der Waals surface area contributed by atoms with Gasteiger partial charge in [-0.05, 0) is 57.0 Å². The van der Waals surface area contributed by atoms with E-state index >= 15 is 0 Å². The number of fused-ring (bicyclic) bond motifs is 2. The van der Waals surface area contributed by atoms with Crippen molar-refractivity contribution < 1.29 is 13.9 Å². The quantitative estimate of drug-likeness (QED) is 0.208. The van der Waals surface area contributed by atoms with Crippen molar-refractivity contribution in [3.8, 4) is 22.5 Å². The van der Waals surface area contributed by atoms with E-state index in [0.717, 1.165) is 51.8 Å². The molecule has 2 aromatic carbocycles. The van der Waals surface area contributed by atoms with Gasteiger partial charge in [0, 0.05) is 34.3 Å². The Morgan fingerprint density at radius 2 is 1.75 bits per heavy atom. The third kappa shape index (κ3) is 3.75. The molecular formula is C27H29N2O3+. The first-order valence-electron chi connectivity index (χ1n) is 11.1. The molecule has 32 heavy (non-hydrogen) atoms. The van der Waals surface area contributed by atoms with Crippen LogP contribution in [0.25, 0.3) is 33.4 Å². The van der Waals surface area contributed by atoms with Crippen molar-refractivity contribution >= 4 is 22.6 Å². The lowest BCUT2D eigenvalue weighted by Crippen LogP contribution is -2.29. The first-order valence-corrected chi connectivity index (χ1v) is 11.1. The van der Waals surface area contributed by atoms with Crippen LogP contribution in [0, 0.1) is 6.92 Å². The van der Waals surface area contributed by atoms with E-state index < -0.39 is 0 Å². The summed E-state index contributed by atoms with van der Waals surface area (Å²) in [4.78, 5) is 12.8. The van der Waals surface area contributed by atoms with Gasteiger partial charge in [0.05, 0.1) is 18.2 Å². The summed E-state index contributed by atoms with van der Waals surface area (Å²) < 4.78 is 14.0. The molecule has 1 aliphatic heterocycles. The third-order valence-corrected chi connectivity index (χ3v) is 5.91. The summed E-state index contributed by atoms with van der Waals surface area (Å²) >= 11 is 0. The molecule has 1 heterocycles. The largest absolute Gasteiger partial charge is 0.462 e. The fraction of sp³-hybridized carbons (Fsp3) is 0.259. The molecule has 0 radical (unpaired) electrons. The van der Waals surface area contributed by atoms with Gasteiger partial charge in [0.15, 0.2) is 0 Å². The minimum Gasteiger partial charge on any atom is -0.462 e. The van der Waals surface area contributed by atoms with Crippen LogP contribution in [-0.2, 0) is 4.74 Å². The molecule has 1 aliphatic carbocycles. The Hall–Kier alpha value is -3.60. The zero-order valence-electron chi connectivity index (χ0n) is 19.1. The number of esters is 1. The Kier molecular flexibility index (Phi) is 5.99. The van der Waals surface area contributed by atoms with Crippen molar-refractivity contribution in [1.29, 1.82) is 0 Å². The van der Waals surface area contributed by atoms with Crippen LogP contribution in [0.1, 0.15) is 36.7 Å². The number of hydrogen-bond acceptors (Lipinski definition) is 4. The predicted molar refractivity (Wildman–Crippen MR) is 130 cm³/mol. The fourth-order valence-electron chi connectivity index (χ4n) is 4.21. The summed E-state index contributed by atoms with van der Waals surface area (Å²) in [5, 5.41) is 2.01. The third-order valence-electron chi connectivity index (χ3n) is 5.91. The predicted octanol–water partition coefficient (Wildman–Crippen LogP) is 5.08. The normalized spacial score (nSPS) is 11.1. The molecule has 2 aromatic rings. The van der Waals surface area contributed by atoms with Crippen molar-refractivity contribution in [2.24, 2.45) is 0 Å². The minimum atomic E-state index is -0.336. The number of nitrogen functional groups attached to an aromatic ring is 1. The van der Waals surface area contributed by atoms with Crippen LogP contribution in [0.15, 0.2) is 59.0 Å². The van der Waals surface area contributed by atoms with Gasteiger partial charge in [-0.2, -0.15) is 0 Å². The summed E-state index contributed by atoms with van der Waals surface area (Å²) in [6.45, 7) is 10.2. The maximum absolute atomic E-state index is 12.8. The zero-order chi connectivity index (χ0) is 22.8. The van der Waals surface area contributed by atoms with Gasteiger partial charge in [-0.25, -0.2) is 9.37 Å². The molecule has 0 saturated carbocycles. The molecule has 0 aromatic heterocycles. The van der Waals surface area contributed by atoms with E-state index in [-0.39, 0.29) is 5.97 Å². The first-order chi connectivity index (χ1) is 15.5. The monoisotopic (exact) mass is 429 g/mol. The summed E-state index contributed by atoms with van der Waals surface area (Å²) in [6, 6.07) is 17.7. The SMILES string of the molecule is CCOC(=O)c1ccccc1-c1c2ccc(=[N+](CC)CC)cc-2oc2cc(N)c(C)cc12. The Bertz CT molecular complexity index is 1340. The van der Waals surface area contributed by atoms with Crippen LogP contribution < -0.4 is 15.7 Å². The van der Waals surface area contributed by atoms with Crippen LogP contribution in [0.2, 0.25) is 0 Å². The highest BCUT2D eigenvalue weighted by Crippen LogP contribution is 2.42. The molecule has 0 bridgehead atoms. The molecule has 0 atom stereocenters. The highest BCUT2D eigenvalue weighted by Gasteiger charge is 2.23. The second-order valence-corrected chi connectivity index (χ2v) is 7.80. The lowest BCUT2D eigenvalue weighted by Gasteiger charge is -2.18. The molecule has 4 rings (SSSR count). The first kappa shape index (κ1) is 21.6. The Balaban J connectivity index is 2.15. The van der Waals surface area contributed by atoms with Gasteiger partial charge in [0.2, 0.25) is 5.36 Å². The molecule has 0 spiro atoms. The van der Waals surface area contributed by atoms with Gasteiger partial charge < -0.3 is 14.9 Å². The molecule has 2 N–H and O–H groups in total. The number of hydrogen-bond donors (Lipinski definition) is 1. The molecule has 0 fully saturated rings. The van der Waals surface area contributed by atoms with E-state index in [4.69, 9.17) is 14.9 Å². The topological polar surface area (TPSA) is 68.5 Å². The smallest absolute Gasteiger partial charge is 0.338 e. The summed E-state index contributed by atoms with van der Waals surface area (Å²) in [5.74, 6) is 0.413. The van der Waals surface area contributed by atoms with Crippen molar-refractivity contribution in [1.82, 2.24) is 4.58 Å². The van der Waals surface area contributed by atoms with E-state index in [1.165, 1.54) is 0 Å². The minimum absolute atomic E-state index is 0.321. The number of ether oxygens (including phenoxy) is 1. The molecule has 0 saturated heterocycles. The second kappa shape index (κ2) is 8.87. The standard InChI is InChI=1S/C27H28N2O3/c1-5-29(6-2)18-12-13-21-24(15-18)32-25-16-23(28)17(4)14-22(25)26(21)19-10-8-9-11-20(19)27(30)31-7-3/h8-16,28H,5-7H2,1-4H3/p+1. The van der Waals surface area contributed by atoms with Crippen molar-refractivity contribution in [3.63, 3.8) is 0 Å². The van der Waals surface area contributed by atoms with Gasteiger partial charge in [0.1, 0.15) is 24.4 Å². The fourth-order valence-corrected chi connectivity index (χ4v) is 4.21. The number of anilines is 1. The van der Waals surface area contributed by atoms with E-state index in [9.17, 15) is 4.79 Å². The molecular weight excluding hydrogens is 400 g/mol. The lowest BCUT2D eigenvalue weighted by molar-refractivity contribution is 0.0527. The highest BCUT2D eigenvalue weighted by atomic mass is 16.5. The number of rotatable bonds is 5. The van der Waals surface area contributed by atoms with Crippen LogP contribution in [0.3, 0.4) is 0 Å². The number of carbonyl (C=O) groups excluding carboxylic acids is 1. The number of aryl methyl sites for hydroxylation is 1. The van der Waals surface area contributed by atoms with E-state index in [0.29, 0.717) is 23.4 Å². The number of benzene rings is 3. The average molecular weight is 430 g/mol. The van der Waals surface area contributed by atoms with E-state index in [1.807, 2.05) is 50.2 Å². The van der Waals surface area contributed by atoms with Crippen LogP contribution in [-0.4, -0.2) is 25.7 Å². The summed E-state index contributed by atoms with van der Waals surface area (Å²) in [5.41, 5.74) is 11.8. The van der Waals surface area contributed by atoms with Crippen molar-refractivity contribution in [3.05, 3.63) is 71.1 Å². The van der Waals surface area contributed by atoms with Gasteiger partial charge >= 0.3 is 5.97 Å². The Morgan fingerprint density at radius 3 is 2.47 bits per heavy atom. The van der Waals surface area contributed by atoms with Gasteiger partial charge in [-0.15, -0.1) is 0 Å². The molecule has 164 valence electrons. The van der Waals surface area contributed by atoms with Gasteiger partial charge in [0.25, 0.3) is 0 Å². The Labute approximate surface area is 188 Å². The lowest BCUT2D eigenvalue weighted by atomic mass is 9.90. The number of nitrogens with two attached hydrogens (primary N) is 1. The van der Waals surface area contributed by atoms with Crippen LogP contribution >= 0.6 is 0 Å². The van der Waals surface area contributed by atoms with Crippen molar-refractivity contribution in [2.45, 2.75) is 27.7 Å². The van der Waals surface area contributed by atoms with E-state index in [1.54, 1.807) is 0 Å². The maximum Gasteiger partial charge on any atom is 0.338 e. The van der Waals surface area contributed by atoms with Crippen molar-refractivity contribution in [2.75, 3.05) is 25.4 Å². The highest BCUT2D eigenvalue weighted by molar-refractivity contribution is 6.08. The average Bonchev–Trinajstić information content (AvgIpc) is 2.79. The number of nitrogens with zero attached hydrogens (tertiary/aromatic N) is 1. The summed E-state index contributed by atoms with van der Waals surface area (Å²) in [6.07, 6.45) is 0. The molecule has 0 amide bonds. The van der Waals surface area contributed by atoms with E-state index in [2.05, 4.69) is 36.6 Å². The van der Waals surface area contributed by atoms with Crippen LogP contribution in [0.5, 0.6) is 0 Å². The zero-order valence-corrected chi connectivity index (χ0v) is 19.1. The second-order valence-electron chi connectivity index (χ2n) is 7.80. The number of carbonyl (C=O) groups is 1. The molecule has 0 unspecified atom stereocenters. The summed E-state index contributed by atoms with van der Waals surface area (Å²) in [7, 11) is 0. The van der Waals surface area contributed by atoms with Crippen LogP contribution in [0.4, 0.5) is 5.69 Å². The maximum atomic E-state index is 12.8. The van der Waals surface area contributed by atoms with Gasteiger partial charge in [-0.3, -0.25) is 0 Å². The molecule has 5 heteroatoms. The molecule has 2 aliphatic rings. The Morgan fingerprint density at radius 1 is 1.00 bits per heavy atom. The molecule has 5 nitrogen and oxygen atoms in total.